The van der Waals surface area contributed by atoms with E-state index in [1.54, 1.807) is 0 Å². The average molecular weight is 243 g/mol. The standard InChI is InChI=1S/C9H17N5OS/c1-3-4-11-9-13-12-8(16-9)6-14(2)5-7(10)15/h3-6H2,1-2H3,(H2,10,15)(H,11,13). The van der Waals surface area contributed by atoms with Crippen LogP contribution in [0.25, 0.3) is 0 Å². The second-order valence-corrected chi connectivity index (χ2v) is 4.63. The molecular formula is C9H17N5OS. The summed E-state index contributed by atoms with van der Waals surface area (Å²) in [6.45, 7) is 3.81. The summed E-state index contributed by atoms with van der Waals surface area (Å²) in [5, 5.41) is 12.9. The molecule has 1 rings (SSSR count). The minimum atomic E-state index is -0.337. The fraction of sp³-hybridized carbons (Fsp3) is 0.667. The molecule has 90 valence electrons. The zero-order valence-electron chi connectivity index (χ0n) is 9.56. The van der Waals surface area contributed by atoms with E-state index in [-0.39, 0.29) is 12.5 Å². The highest BCUT2D eigenvalue weighted by atomic mass is 32.1. The maximum atomic E-state index is 10.7. The lowest BCUT2D eigenvalue weighted by Gasteiger charge is -2.11. The molecule has 0 bridgehead atoms. The number of anilines is 1. The largest absolute Gasteiger partial charge is 0.369 e. The van der Waals surface area contributed by atoms with E-state index in [0.29, 0.717) is 6.54 Å². The summed E-state index contributed by atoms with van der Waals surface area (Å²) in [5.41, 5.74) is 5.09. The lowest BCUT2D eigenvalue weighted by molar-refractivity contribution is -0.118. The molecule has 0 saturated carbocycles. The molecule has 0 saturated heterocycles. The Balaban J connectivity index is 2.42. The molecule has 0 atom stereocenters. The highest BCUT2D eigenvalue weighted by Gasteiger charge is 2.08. The summed E-state index contributed by atoms with van der Waals surface area (Å²) < 4.78 is 0. The van der Waals surface area contributed by atoms with Crippen LogP contribution >= 0.6 is 11.3 Å². The van der Waals surface area contributed by atoms with Crippen molar-refractivity contribution in [3.8, 4) is 0 Å². The van der Waals surface area contributed by atoms with Gasteiger partial charge in [0.25, 0.3) is 0 Å². The summed E-state index contributed by atoms with van der Waals surface area (Å²) in [6, 6.07) is 0. The molecule has 0 radical (unpaired) electrons. The van der Waals surface area contributed by atoms with Gasteiger partial charge in [-0.3, -0.25) is 9.69 Å². The molecule has 3 N–H and O–H groups in total. The number of carbonyl (C=O) groups excluding carboxylic acids is 1. The van der Waals surface area contributed by atoms with Gasteiger partial charge in [0.05, 0.1) is 13.1 Å². The van der Waals surface area contributed by atoms with Crippen LogP contribution in [0.5, 0.6) is 0 Å². The number of carbonyl (C=O) groups is 1. The Morgan fingerprint density at radius 3 is 2.94 bits per heavy atom. The van der Waals surface area contributed by atoms with Crippen LogP contribution in [-0.2, 0) is 11.3 Å². The number of aromatic nitrogens is 2. The van der Waals surface area contributed by atoms with Gasteiger partial charge in [0, 0.05) is 6.54 Å². The van der Waals surface area contributed by atoms with Gasteiger partial charge < -0.3 is 11.1 Å². The van der Waals surface area contributed by atoms with Crippen LogP contribution in [-0.4, -0.2) is 41.1 Å². The maximum Gasteiger partial charge on any atom is 0.231 e. The van der Waals surface area contributed by atoms with Gasteiger partial charge in [0.2, 0.25) is 11.0 Å². The van der Waals surface area contributed by atoms with Crippen molar-refractivity contribution in [2.45, 2.75) is 19.9 Å². The van der Waals surface area contributed by atoms with Crippen LogP contribution in [0, 0.1) is 0 Å². The first-order chi connectivity index (χ1) is 7.61. The number of amides is 1. The van der Waals surface area contributed by atoms with Crippen LogP contribution in [0.3, 0.4) is 0 Å². The molecule has 16 heavy (non-hydrogen) atoms. The molecule has 0 aliphatic carbocycles. The van der Waals surface area contributed by atoms with Gasteiger partial charge in [0.1, 0.15) is 5.01 Å². The summed E-state index contributed by atoms with van der Waals surface area (Å²) in [7, 11) is 1.82. The number of nitrogens with one attached hydrogen (secondary N) is 1. The van der Waals surface area contributed by atoms with E-state index in [0.717, 1.165) is 23.1 Å². The molecule has 1 aromatic heterocycles. The summed E-state index contributed by atoms with van der Waals surface area (Å²) >= 11 is 1.50. The predicted molar refractivity (Wildman–Crippen MR) is 64.2 cm³/mol. The molecule has 0 spiro atoms. The lowest BCUT2D eigenvalue weighted by atomic mass is 10.5. The van der Waals surface area contributed by atoms with Crippen LogP contribution < -0.4 is 11.1 Å². The average Bonchev–Trinajstić information content (AvgIpc) is 2.61. The number of nitrogens with zero attached hydrogens (tertiary/aromatic N) is 3. The van der Waals surface area contributed by atoms with E-state index in [9.17, 15) is 4.79 Å². The number of hydrogen-bond acceptors (Lipinski definition) is 6. The number of likely N-dealkylation sites (N-methyl/N-ethyl adjacent to an activating group) is 1. The topological polar surface area (TPSA) is 84.1 Å². The van der Waals surface area contributed by atoms with Gasteiger partial charge in [-0.25, -0.2) is 0 Å². The molecule has 0 aliphatic rings. The molecule has 0 aromatic carbocycles. The smallest absolute Gasteiger partial charge is 0.231 e. The van der Waals surface area contributed by atoms with Crippen molar-refractivity contribution >= 4 is 22.4 Å². The Morgan fingerprint density at radius 2 is 2.31 bits per heavy atom. The first-order valence-corrected chi connectivity index (χ1v) is 5.96. The molecular weight excluding hydrogens is 226 g/mol. The number of rotatable bonds is 7. The quantitative estimate of drug-likeness (QED) is 0.718. The molecule has 1 heterocycles. The van der Waals surface area contributed by atoms with Gasteiger partial charge in [-0.1, -0.05) is 18.3 Å². The van der Waals surface area contributed by atoms with Gasteiger partial charge in [-0.2, -0.15) is 0 Å². The first-order valence-electron chi connectivity index (χ1n) is 5.15. The predicted octanol–water partition coefficient (Wildman–Crippen LogP) is 0.277. The van der Waals surface area contributed by atoms with Crippen molar-refractivity contribution in [2.75, 3.05) is 25.5 Å². The monoisotopic (exact) mass is 243 g/mol. The van der Waals surface area contributed by atoms with Crippen LogP contribution in [0.4, 0.5) is 5.13 Å². The second kappa shape index (κ2) is 6.39. The highest BCUT2D eigenvalue weighted by Crippen LogP contribution is 2.16. The van der Waals surface area contributed by atoms with E-state index in [4.69, 9.17) is 5.73 Å². The Hall–Kier alpha value is -1.21. The molecule has 7 heteroatoms. The Morgan fingerprint density at radius 1 is 1.56 bits per heavy atom. The van der Waals surface area contributed by atoms with Crippen molar-refractivity contribution in [2.24, 2.45) is 5.73 Å². The van der Waals surface area contributed by atoms with Crippen LogP contribution in [0.2, 0.25) is 0 Å². The van der Waals surface area contributed by atoms with Gasteiger partial charge in [-0.05, 0) is 13.5 Å². The van der Waals surface area contributed by atoms with E-state index in [1.807, 2.05) is 11.9 Å². The summed E-state index contributed by atoms with van der Waals surface area (Å²) in [6.07, 6.45) is 1.05. The lowest BCUT2D eigenvalue weighted by Crippen LogP contribution is -2.30. The highest BCUT2D eigenvalue weighted by molar-refractivity contribution is 7.15. The van der Waals surface area contributed by atoms with E-state index >= 15 is 0 Å². The fourth-order valence-electron chi connectivity index (χ4n) is 1.17. The molecule has 1 amide bonds. The molecule has 1 aromatic rings. The number of primary amides is 1. The molecule has 0 unspecified atom stereocenters. The van der Waals surface area contributed by atoms with Crippen LogP contribution in [0.1, 0.15) is 18.4 Å². The third-order valence-electron chi connectivity index (χ3n) is 1.82. The maximum absolute atomic E-state index is 10.7. The second-order valence-electron chi connectivity index (χ2n) is 3.57. The SMILES string of the molecule is CCCNc1nnc(CN(C)CC(N)=O)s1. The zero-order chi connectivity index (χ0) is 12.0. The normalized spacial score (nSPS) is 10.7. The number of nitrogens with two attached hydrogens (primary N) is 1. The van der Waals surface area contributed by atoms with Gasteiger partial charge in [-0.15, -0.1) is 10.2 Å². The van der Waals surface area contributed by atoms with Gasteiger partial charge >= 0.3 is 0 Å². The van der Waals surface area contributed by atoms with Crippen molar-refractivity contribution in [3.05, 3.63) is 5.01 Å². The Labute approximate surface area is 98.8 Å². The number of hydrogen-bond donors (Lipinski definition) is 2. The summed E-state index contributed by atoms with van der Waals surface area (Å²) in [5.74, 6) is -0.337. The minimum absolute atomic E-state index is 0.233. The fourth-order valence-corrected chi connectivity index (χ4v) is 2.02. The minimum Gasteiger partial charge on any atom is -0.369 e. The third-order valence-corrected chi connectivity index (χ3v) is 2.69. The molecule has 6 nitrogen and oxygen atoms in total. The summed E-state index contributed by atoms with van der Waals surface area (Å²) in [4.78, 5) is 12.5. The zero-order valence-corrected chi connectivity index (χ0v) is 10.4. The van der Waals surface area contributed by atoms with Crippen molar-refractivity contribution < 1.29 is 4.79 Å². The molecule has 0 aliphatic heterocycles. The van der Waals surface area contributed by atoms with Crippen molar-refractivity contribution in [1.82, 2.24) is 15.1 Å². The van der Waals surface area contributed by atoms with Gasteiger partial charge in [0.15, 0.2) is 0 Å². The van der Waals surface area contributed by atoms with E-state index in [2.05, 4.69) is 22.4 Å². The molecule has 0 fully saturated rings. The Bertz CT molecular complexity index is 340. The van der Waals surface area contributed by atoms with E-state index < -0.39 is 0 Å². The van der Waals surface area contributed by atoms with Crippen LogP contribution in [0.15, 0.2) is 0 Å². The first kappa shape index (κ1) is 12.9. The van der Waals surface area contributed by atoms with Crippen molar-refractivity contribution in [1.29, 1.82) is 0 Å². The third kappa shape index (κ3) is 4.54. The van der Waals surface area contributed by atoms with E-state index in [1.165, 1.54) is 11.3 Å². The van der Waals surface area contributed by atoms with Crippen molar-refractivity contribution in [3.63, 3.8) is 0 Å². The Kier molecular flexibility index (Phi) is 5.13.